The van der Waals surface area contributed by atoms with Gasteiger partial charge >= 0.3 is 0 Å². The zero-order valence-corrected chi connectivity index (χ0v) is 15.1. The largest absolute Gasteiger partial charge is 0.355 e. The van der Waals surface area contributed by atoms with Crippen molar-refractivity contribution in [1.29, 1.82) is 0 Å². The molecule has 1 aliphatic heterocycles. The Morgan fingerprint density at radius 2 is 2.00 bits per heavy atom. The Bertz CT molecular complexity index is 782. The molecule has 3 rings (SSSR count). The second-order valence-corrected chi connectivity index (χ2v) is 6.87. The predicted molar refractivity (Wildman–Crippen MR) is 97.7 cm³/mol. The van der Waals surface area contributed by atoms with Gasteiger partial charge in [0.2, 0.25) is 11.8 Å². The standard InChI is InChI=1S/C19H18BrFN2O2/c20-14-6-7-17(16(21)12-14)23-11-9-15(19(23)25)18(24)22-10-8-13-4-2-1-3-5-13/h1-7,12,15H,8-11H2,(H,22,24)/t15-/m1/s1. The molecule has 4 nitrogen and oxygen atoms in total. The molecule has 1 atom stereocenters. The third kappa shape index (κ3) is 4.07. The maximum Gasteiger partial charge on any atom is 0.239 e. The highest BCUT2D eigenvalue weighted by Crippen LogP contribution is 2.29. The maximum atomic E-state index is 14.1. The zero-order valence-electron chi connectivity index (χ0n) is 13.5. The van der Waals surface area contributed by atoms with E-state index in [0.717, 1.165) is 5.56 Å². The number of hydrogen-bond donors (Lipinski definition) is 1. The molecule has 0 aromatic heterocycles. The highest BCUT2D eigenvalue weighted by molar-refractivity contribution is 9.10. The normalized spacial score (nSPS) is 17.0. The second kappa shape index (κ2) is 7.78. The molecule has 1 saturated heterocycles. The van der Waals surface area contributed by atoms with Crippen molar-refractivity contribution in [1.82, 2.24) is 5.32 Å². The van der Waals surface area contributed by atoms with Gasteiger partial charge in [-0.2, -0.15) is 0 Å². The van der Waals surface area contributed by atoms with E-state index in [9.17, 15) is 14.0 Å². The van der Waals surface area contributed by atoms with E-state index in [-0.39, 0.29) is 17.5 Å². The van der Waals surface area contributed by atoms with Crippen LogP contribution in [0.4, 0.5) is 10.1 Å². The number of halogens is 2. The molecule has 2 amide bonds. The summed E-state index contributed by atoms with van der Waals surface area (Å²) in [4.78, 5) is 26.2. The lowest BCUT2D eigenvalue weighted by molar-refractivity contribution is -0.132. The number of hydrogen-bond acceptors (Lipinski definition) is 2. The molecule has 2 aromatic carbocycles. The van der Waals surface area contributed by atoms with Gasteiger partial charge in [0.15, 0.2) is 0 Å². The van der Waals surface area contributed by atoms with Crippen molar-refractivity contribution >= 4 is 33.4 Å². The predicted octanol–water partition coefficient (Wildman–Crippen LogP) is 3.30. The average molecular weight is 405 g/mol. The zero-order chi connectivity index (χ0) is 17.8. The topological polar surface area (TPSA) is 49.4 Å². The van der Waals surface area contributed by atoms with Crippen LogP contribution in [-0.2, 0) is 16.0 Å². The summed E-state index contributed by atoms with van der Waals surface area (Å²) in [5.74, 6) is -1.87. The molecule has 25 heavy (non-hydrogen) atoms. The quantitative estimate of drug-likeness (QED) is 0.777. The second-order valence-electron chi connectivity index (χ2n) is 5.95. The number of benzene rings is 2. The van der Waals surface area contributed by atoms with E-state index in [1.54, 1.807) is 12.1 Å². The van der Waals surface area contributed by atoms with E-state index in [1.165, 1.54) is 11.0 Å². The van der Waals surface area contributed by atoms with Crippen molar-refractivity contribution in [3.05, 3.63) is 64.4 Å². The summed E-state index contributed by atoms with van der Waals surface area (Å²) in [7, 11) is 0. The SMILES string of the molecule is O=C(NCCc1ccccc1)[C@H]1CCN(c2ccc(Br)cc2F)C1=O. The van der Waals surface area contributed by atoms with Crippen molar-refractivity contribution in [2.75, 3.05) is 18.0 Å². The van der Waals surface area contributed by atoms with Gasteiger partial charge in [-0.15, -0.1) is 0 Å². The number of amides is 2. The lowest BCUT2D eigenvalue weighted by Gasteiger charge is -2.17. The molecule has 2 aromatic rings. The Labute approximate surface area is 154 Å². The molecule has 130 valence electrons. The molecule has 1 aliphatic rings. The number of anilines is 1. The van der Waals surface area contributed by atoms with E-state index in [4.69, 9.17) is 0 Å². The fourth-order valence-corrected chi connectivity index (χ4v) is 3.29. The van der Waals surface area contributed by atoms with E-state index in [2.05, 4.69) is 21.2 Å². The highest BCUT2D eigenvalue weighted by Gasteiger charge is 2.38. The van der Waals surface area contributed by atoms with Crippen LogP contribution < -0.4 is 10.2 Å². The van der Waals surface area contributed by atoms with Gasteiger partial charge in [-0.1, -0.05) is 46.3 Å². The molecule has 6 heteroatoms. The first-order valence-electron chi connectivity index (χ1n) is 8.14. The lowest BCUT2D eigenvalue weighted by atomic mass is 10.1. The molecule has 0 radical (unpaired) electrons. The number of rotatable bonds is 5. The summed E-state index contributed by atoms with van der Waals surface area (Å²) >= 11 is 3.20. The van der Waals surface area contributed by atoms with Crippen molar-refractivity contribution in [2.24, 2.45) is 5.92 Å². The Kier molecular flexibility index (Phi) is 5.48. The summed E-state index contributed by atoms with van der Waals surface area (Å²) in [5.41, 5.74) is 1.34. The molecule has 1 heterocycles. The van der Waals surface area contributed by atoms with Gasteiger partial charge in [0.1, 0.15) is 11.7 Å². The Hall–Kier alpha value is -2.21. The molecule has 0 saturated carbocycles. The van der Waals surface area contributed by atoms with Crippen LogP contribution in [0.25, 0.3) is 0 Å². The van der Waals surface area contributed by atoms with Gasteiger partial charge in [0.05, 0.1) is 5.69 Å². The van der Waals surface area contributed by atoms with Crippen LogP contribution in [-0.4, -0.2) is 24.9 Å². The molecule has 1 fully saturated rings. The molecule has 0 unspecified atom stereocenters. The number of nitrogens with zero attached hydrogens (tertiary/aromatic N) is 1. The monoisotopic (exact) mass is 404 g/mol. The van der Waals surface area contributed by atoms with Gasteiger partial charge in [0, 0.05) is 17.6 Å². The van der Waals surface area contributed by atoms with E-state index < -0.39 is 11.7 Å². The molecule has 0 bridgehead atoms. The van der Waals surface area contributed by atoms with Crippen molar-refractivity contribution in [2.45, 2.75) is 12.8 Å². The van der Waals surface area contributed by atoms with Crippen molar-refractivity contribution in [3.63, 3.8) is 0 Å². The molecule has 1 N–H and O–H groups in total. The summed E-state index contributed by atoms with van der Waals surface area (Å²) in [6.07, 6.45) is 1.10. The van der Waals surface area contributed by atoms with Gasteiger partial charge < -0.3 is 10.2 Å². The van der Waals surface area contributed by atoms with E-state index >= 15 is 0 Å². The highest BCUT2D eigenvalue weighted by atomic mass is 79.9. The van der Waals surface area contributed by atoms with E-state index in [0.29, 0.717) is 30.4 Å². The smallest absolute Gasteiger partial charge is 0.239 e. The third-order valence-electron chi connectivity index (χ3n) is 4.28. The summed E-state index contributed by atoms with van der Waals surface area (Å²) < 4.78 is 14.7. The first-order valence-corrected chi connectivity index (χ1v) is 8.93. The van der Waals surface area contributed by atoms with Crippen molar-refractivity contribution < 1.29 is 14.0 Å². The van der Waals surface area contributed by atoms with E-state index in [1.807, 2.05) is 30.3 Å². The summed E-state index contributed by atoms with van der Waals surface area (Å²) in [6.45, 7) is 0.813. The first-order chi connectivity index (χ1) is 12.1. The minimum absolute atomic E-state index is 0.216. The van der Waals surface area contributed by atoms with Gasteiger partial charge in [0.25, 0.3) is 0 Å². The van der Waals surface area contributed by atoms with Gasteiger partial charge in [-0.05, 0) is 36.6 Å². The van der Waals surface area contributed by atoms with Crippen LogP contribution in [0.3, 0.4) is 0 Å². The summed E-state index contributed by atoms with van der Waals surface area (Å²) in [5, 5.41) is 2.81. The van der Waals surface area contributed by atoms with Crippen LogP contribution in [0.5, 0.6) is 0 Å². The molecule has 0 aliphatic carbocycles. The first kappa shape index (κ1) is 17.6. The van der Waals surface area contributed by atoms with Crippen LogP contribution in [0, 0.1) is 11.7 Å². The fraction of sp³-hybridized carbons (Fsp3) is 0.263. The van der Waals surface area contributed by atoms with Crippen LogP contribution in [0.1, 0.15) is 12.0 Å². The molecular formula is C19H18BrFN2O2. The minimum atomic E-state index is -0.751. The average Bonchev–Trinajstić information content (AvgIpc) is 2.97. The molecular weight excluding hydrogens is 387 g/mol. The van der Waals surface area contributed by atoms with Crippen LogP contribution in [0.15, 0.2) is 53.0 Å². The number of nitrogens with one attached hydrogen (secondary N) is 1. The van der Waals surface area contributed by atoms with Gasteiger partial charge in [-0.25, -0.2) is 4.39 Å². The number of carbonyl (C=O) groups excluding carboxylic acids is 2. The van der Waals surface area contributed by atoms with Crippen LogP contribution >= 0.6 is 15.9 Å². The minimum Gasteiger partial charge on any atom is -0.355 e. The van der Waals surface area contributed by atoms with Gasteiger partial charge in [-0.3, -0.25) is 9.59 Å². The Morgan fingerprint density at radius 3 is 2.72 bits per heavy atom. The maximum absolute atomic E-state index is 14.1. The Balaban J connectivity index is 1.58. The molecule has 0 spiro atoms. The Morgan fingerprint density at radius 1 is 1.24 bits per heavy atom. The lowest BCUT2D eigenvalue weighted by Crippen LogP contribution is -2.37. The number of carbonyl (C=O) groups is 2. The fourth-order valence-electron chi connectivity index (χ4n) is 2.96. The summed E-state index contributed by atoms with van der Waals surface area (Å²) in [6, 6.07) is 14.4. The third-order valence-corrected chi connectivity index (χ3v) is 4.77. The van der Waals surface area contributed by atoms with Crippen molar-refractivity contribution in [3.8, 4) is 0 Å². The van der Waals surface area contributed by atoms with Crippen LogP contribution in [0.2, 0.25) is 0 Å².